The van der Waals surface area contributed by atoms with Crippen LogP contribution < -0.4 is 0 Å². The zero-order chi connectivity index (χ0) is 12.8. The van der Waals surface area contributed by atoms with Crippen molar-refractivity contribution in [2.75, 3.05) is 12.9 Å². The van der Waals surface area contributed by atoms with Crippen LogP contribution in [0.1, 0.15) is 5.69 Å². The number of hydrogen-bond acceptors (Lipinski definition) is 7. The first kappa shape index (κ1) is 12.9. The fourth-order valence-corrected chi connectivity index (χ4v) is 1.64. The lowest BCUT2D eigenvalue weighted by molar-refractivity contribution is -0.385. The van der Waals surface area contributed by atoms with Crippen LogP contribution >= 0.6 is 11.8 Å². The van der Waals surface area contributed by atoms with Crippen LogP contribution in [0.15, 0.2) is 17.2 Å². The molecule has 0 bridgehead atoms. The van der Waals surface area contributed by atoms with E-state index in [1.807, 2.05) is 0 Å². The van der Waals surface area contributed by atoms with Crippen LogP contribution in [0.25, 0.3) is 0 Å². The average molecular weight is 253 g/mol. The zero-order valence-corrected chi connectivity index (χ0v) is 9.56. The van der Waals surface area contributed by atoms with Gasteiger partial charge in [0.1, 0.15) is 6.07 Å². The van der Waals surface area contributed by atoms with E-state index >= 15 is 0 Å². The Morgan fingerprint density at radius 2 is 2.41 bits per heavy atom. The number of carbonyl (C=O) groups excluding carboxylic acids is 1. The molecule has 0 saturated carbocycles. The van der Waals surface area contributed by atoms with Crippen LogP contribution in [0.5, 0.6) is 0 Å². The van der Waals surface area contributed by atoms with Crippen molar-refractivity contribution in [3.05, 3.63) is 27.9 Å². The smallest absolute Gasteiger partial charge is 0.316 e. The Bertz CT molecular complexity index is 498. The maximum absolute atomic E-state index is 10.9. The van der Waals surface area contributed by atoms with Crippen molar-refractivity contribution in [1.82, 2.24) is 4.98 Å². The lowest BCUT2D eigenvalue weighted by atomic mass is 10.3. The number of nitrogens with zero attached hydrogens (tertiary/aromatic N) is 3. The van der Waals surface area contributed by atoms with Crippen LogP contribution in [0, 0.1) is 21.4 Å². The van der Waals surface area contributed by atoms with Gasteiger partial charge in [0.2, 0.25) is 5.69 Å². The van der Waals surface area contributed by atoms with Gasteiger partial charge in [-0.1, -0.05) is 11.8 Å². The van der Waals surface area contributed by atoms with Gasteiger partial charge < -0.3 is 4.74 Å². The second-order valence-corrected chi connectivity index (χ2v) is 3.75. The molecule has 8 heteroatoms. The third kappa shape index (κ3) is 3.42. The number of nitro groups is 1. The monoisotopic (exact) mass is 253 g/mol. The summed E-state index contributed by atoms with van der Waals surface area (Å²) < 4.78 is 4.43. The summed E-state index contributed by atoms with van der Waals surface area (Å²) in [4.78, 5) is 24.5. The summed E-state index contributed by atoms with van der Waals surface area (Å²) in [5.41, 5.74) is -0.625. The predicted molar refractivity (Wildman–Crippen MR) is 58.3 cm³/mol. The maximum Gasteiger partial charge on any atom is 0.316 e. The lowest BCUT2D eigenvalue weighted by Gasteiger charge is -2.00. The van der Waals surface area contributed by atoms with Crippen LogP contribution in [0.2, 0.25) is 0 Å². The Kier molecular flexibility index (Phi) is 4.42. The summed E-state index contributed by atoms with van der Waals surface area (Å²) in [5.74, 6) is -0.403. The molecule has 0 amide bonds. The standard InChI is InChI=1S/C9H7N3O4S/c1-16-9(13)5-17-8-3-2-7(12(14)15)6(4-10)11-8/h2-3H,5H2,1H3. The molecule has 0 saturated heterocycles. The summed E-state index contributed by atoms with van der Waals surface area (Å²) in [6.45, 7) is 0. The van der Waals surface area contributed by atoms with E-state index in [0.717, 1.165) is 11.8 Å². The van der Waals surface area contributed by atoms with Gasteiger partial charge in [-0.2, -0.15) is 5.26 Å². The molecule has 0 aliphatic carbocycles. The number of pyridine rings is 1. The minimum Gasteiger partial charge on any atom is -0.468 e. The third-order valence-corrected chi connectivity index (χ3v) is 2.62. The van der Waals surface area contributed by atoms with Crippen LogP contribution in [0.4, 0.5) is 5.69 Å². The molecule has 7 nitrogen and oxygen atoms in total. The van der Waals surface area contributed by atoms with Gasteiger partial charge >= 0.3 is 11.7 Å². The Balaban J connectivity index is 2.87. The van der Waals surface area contributed by atoms with Gasteiger partial charge in [0.05, 0.1) is 22.8 Å². The first-order valence-corrected chi connectivity index (χ1v) is 5.32. The Morgan fingerprint density at radius 1 is 1.71 bits per heavy atom. The Morgan fingerprint density at radius 3 is 2.94 bits per heavy atom. The largest absolute Gasteiger partial charge is 0.468 e. The topological polar surface area (TPSA) is 106 Å². The van der Waals surface area contributed by atoms with Crippen molar-refractivity contribution in [3.8, 4) is 6.07 Å². The molecule has 1 aromatic rings. The summed E-state index contributed by atoms with van der Waals surface area (Å²) in [6.07, 6.45) is 0. The molecule has 0 N–H and O–H groups in total. The number of hydrogen-bond donors (Lipinski definition) is 0. The number of methoxy groups -OCH3 is 1. The summed E-state index contributed by atoms with van der Waals surface area (Å²) >= 11 is 1.04. The third-order valence-electron chi connectivity index (χ3n) is 1.72. The van der Waals surface area contributed by atoms with Crippen LogP contribution in [-0.4, -0.2) is 28.7 Å². The molecule has 1 heterocycles. The zero-order valence-electron chi connectivity index (χ0n) is 8.74. The summed E-state index contributed by atoms with van der Waals surface area (Å²) in [5, 5.41) is 19.6. The number of ether oxygens (including phenoxy) is 1. The predicted octanol–water partition coefficient (Wildman–Crippen LogP) is 1.13. The van der Waals surface area contributed by atoms with Crippen molar-refractivity contribution in [3.63, 3.8) is 0 Å². The van der Waals surface area contributed by atoms with Crippen molar-refractivity contribution in [2.24, 2.45) is 0 Å². The first-order valence-electron chi connectivity index (χ1n) is 4.33. The van der Waals surface area contributed by atoms with Gasteiger partial charge in [-0.05, 0) is 6.07 Å². The van der Waals surface area contributed by atoms with E-state index < -0.39 is 10.9 Å². The normalized spacial score (nSPS) is 9.41. The van der Waals surface area contributed by atoms with Gasteiger partial charge in [0.25, 0.3) is 0 Å². The molecule has 0 radical (unpaired) electrons. The van der Waals surface area contributed by atoms with Crippen LogP contribution in [0.3, 0.4) is 0 Å². The van der Waals surface area contributed by atoms with Crippen molar-refractivity contribution in [1.29, 1.82) is 5.26 Å². The Labute approximate surface area is 101 Å². The number of aromatic nitrogens is 1. The minimum atomic E-state index is -0.680. The maximum atomic E-state index is 10.9. The molecule has 0 aliphatic heterocycles. The molecule has 0 aliphatic rings. The fraction of sp³-hybridized carbons (Fsp3) is 0.222. The molecule has 0 unspecified atom stereocenters. The van der Waals surface area contributed by atoms with E-state index in [9.17, 15) is 14.9 Å². The van der Waals surface area contributed by atoms with E-state index in [0.29, 0.717) is 5.03 Å². The average Bonchev–Trinajstić information content (AvgIpc) is 2.35. The molecule has 88 valence electrons. The second-order valence-electron chi connectivity index (χ2n) is 2.75. The van der Waals surface area contributed by atoms with Crippen LogP contribution in [-0.2, 0) is 9.53 Å². The SMILES string of the molecule is COC(=O)CSc1ccc([N+](=O)[O-])c(C#N)n1. The molecule has 17 heavy (non-hydrogen) atoms. The summed E-state index contributed by atoms with van der Waals surface area (Å²) in [6, 6.07) is 4.20. The van der Waals surface area contributed by atoms with Gasteiger partial charge in [-0.15, -0.1) is 0 Å². The highest BCUT2D eigenvalue weighted by atomic mass is 32.2. The first-order chi connectivity index (χ1) is 8.08. The highest BCUT2D eigenvalue weighted by molar-refractivity contribution is 7.99. The lowest BCUT2D eigenvalue weighted by Crippen LogP contribution is -2.03. The number of rotatable bonds is 4. The highest BCUT2D eigenvalue weighted by Crippen LogP contribution is 2.21. The van der Waals surface area contributed by atoms with E-state index in [1.165, 1.54) is 19.2 Å². The van der Waals surface area contributed by atoms with Gasteiger partial charge in [0, 0.05) is 6.07 Å². The van der Waals surface area contributed by atoms with E-state index in [2.05, 4.69) is 9.72 Å². The van der Waals surface area contributed by atoms with Crippen molar-refractivity contribution >= 4 is 23.4 Å². The number of carbonyl (C=O) groups is 1. The number of nitriles is 1. The van der Waals surface area contributed by atoms with Gasteiger partial charge in [-0.25, -0.2) is 4.98 Å². The minimum absolute atomic E-state index is 0.0339. The molecule has 1 aromatic heterocycles. The van der Waals surface area contributed by atoms with E-state index in [4.69, 9.17) is 5.26 Å². The second kappa shape index (κ2) is 5.81. The van der Waals surface area contributed by atoms with E-state index in [1.54, 1.807) is 6.07 Å². The van der Waals surface area contributed by atoms with Gasteiger partial charge in [-0.3, -0.25) is 14.9 Å². The molecule has 0 aromatic carbocycles. The van der Waals surface area contributed by atoms with Crippen molar-refractivity contribution < 1.29 is 14.5 Å². The van der Waals surface area contributed by atoms with Crippen molar-refractivity contribution in [2.45, 2.75) is 5.03 Å². The molecule has 0 atom stereocenters. The molecule has 0 fully saturated rings. The molecule has 1 rings (SSSR count). The van der Waals surface area contributed by atoms with E-state index in [-0.39, 0.29) is 17.1 Å². The highest BCUT2D eigenvalue weighted by Gasteiger charge is 2.16. The fourth-order valence-electron chi connectivity index (χ4n) is 0.936. The quantitative estimate of drug-likeness (QED) is 0.342. The Hall–Kier alpha value is -2.14. The molecule has 0 spiro atoms. The van der Waals surface area contributed by atoms with Gasteiger partial charge in [0.15, 0.2) is 0 Å². The number of thioether (sulfide) groups is 1. The molecular formula is C9H7N3O4S. The summed E-state index contributed by atoms with van der Waals surface area (Å²) in [7, 11) is 1.26. The molecular weight excluding hydrogens is 246 g/mol. The number of esters is 1.